The maximum absolute atomic E-state index is 14.1. The normalized spacial score (nSPS) is 23.0. The molecule has 1 aliphatic heterocycles. The number of benzene rings is 1. The SMILES string of the molecule is CC(=N)C1C(=N)CC(c2ccc(F)cc2-c2cccnc2)CC1=NOCCC1CCNCC1. The van der Waals surface area contributed by atoms with Crippen LogP contribution in [0.25, 0.3) is 11.1 Å². The highest BCUT2D eigenvalue weighted by molar-refractivity contribution is 6.23. The van der Waals surface area contributed by atoms with Gasteiger partial charge in [-0.3, -0.25) is 4.98 Å². The molecule has 2 unspecified atom stereocenters. The first kappa shape index (κ1) is 23.2. The Morgan fingerprint density at radius 2 is 2.06 bits per heavy atom. The fourth-order valence-corrected chi connectivity index (χ4v) is 5.02. The zero-order chi connectivity index (χ0) is 23.2. The van der Waals surface area contributed by atoms with Gasteiger partial charge in [0.05, 0.1) is 11.6 Å². The predicted octanol–water partition coefficient (Wildman–Crippen LogP) is 5.20. The summed E-state index contributed by atoms with van der Waals surface area (Å²) in [4.78, 5) is 9.92. The van der Waals surface area contributed by atoms with Crippen molar-refractivity contribution in [2.45, 2.75) is 44.9 Å². The third-order valence-corrected chi connectivity index (χ3v) is 6.72. The summed E-state index contributed by atoms with van der Waals surface area (Å²) in [5.74, 6) is -0.0877. The van der Waals surface area contributed by atoms with Gasteiger partial charge in [-0.05, 0) is 93.3 Å². The molecule has 0 spiro atoms. The first-order chi connectivity index (χ1) is 16.0. The molecule has 0 amide bonds. The van der Waals surface area contributed by atoms with Crippen molar-refractivity contribution in [2.75, 3.05) is 19.7 Å². The van der Waals surface area contributed by atoms with Crippen molar-refractivity contribution in [3.63, 3.8) is 0 Å². The maximum atomic E-state index is 14.1. The first-order valence-electron chi connectivity index (χ1n) is 11.7. The number of piperidine rings is 1. The van der Waals surface area contributed by atoms with Gasteiger partial charge in [0.2, 0.25) is 0 Å². The molecule has 1 aliphatic carbocycles. The molecule has 3 N–H and O–H groups in total. The average Bonchev–Trinajstić information content (AvgIpc) is 2.82. The van der Waals surface area contributed by atoms with Crippen molar-refractivity contribution in [1.29, 1.82) is 10.8 Å². The minimum atomic E-state index is -0.414. The molecule has 33 heavy (non-hydrogen) atoms. The zero-order valence-corrected chi connectivity index (χ0v) is 19.1. The van der Waals surface area contributed by atoms with E-state index in [1.807, 2.05) is 18.2 Å². The molecule has 2 heterocycles. The lowest BCUT2D eigenvalue weighted by Gasteiger charge is -2.31. The molecule has 1 aromatic carbocycles. The van der Waals surface area contributed by atoms with Crippen molar-refractivity contribution in [3.05, 3.63) is 54.1 Å². The lowest BCUT2D eigenvalue weighted by molar-refractivity contribution is 0.121. The van der Waals surface area contributed by atoms with E-state index in [1.54, 1.807) is 19.3 Å². The van der Waals surface area contributed by atoms with Crippen LogP contribution in [0.4, 0.5) is 4.39 Å². The van der Waals surface area contributed by atoms with Crippen LogP contribution in [0.15, 0.2) is 47.9 Å². The van der Waals surface area contributed by atoms with E-state index >= 15 is 0 Å². The molecule has 2 aliphatic rings. The number of hydrogen-bond donors (Lipinski definition) is 3. The molecular formula is C26H32FN5O. The highest BCUT2D eigenvalue weighted by Crippen LogP contribution is 2.38. The quantitative estimate of drug-likeness (QED) is 0.308. The van der Waals surface area contributed by atoms with Crippen molar-refractivity contribution >= 4 is 17.1 Å². The van der Waals surface area contributed by atoms with Crippen LogP contribution in [-0.2, 0) is 4.84 Å². The molecule has 0 bridgehead atoms. The number of pyridine rings is 1. The number of nitrogens with one attached hydrogen (secondary N) is 3. The zero-order valence-electron chi connectivity index (χ0n) is 19.1. The number of oxime groups is 1. The van der Waals surface area contributed by atoms with Crippen molar-refractivity contribution in [2.24, 2.45) is 17.0 Å². The van der Waals surface area contributed by atoms with Crippen LogP contribution in [0.2, 0.25) is 0 Å². The molecule has 7 heteroatoms. The summed E-state index contributed by atoms with van der Waals surface area (Å²) in [6.07, 6.45) is 7.81. The van der Waals surface area contributed by atoms with Crippen molar-refractivity contribution < 1.29 is 9.23 Å². The van der Waals surface area contributed by atoms with Crippen LogP contribution >= 0.6 is 0 Å². The Balaban J connectivity index is 1.55. The molecule has 2 fully saturated rings. The minimum absolute atomic E-state index is 0.0318. The number of rotatable bonds is 7. The summed E-state index contributed by atoms with van der Waals surface area (Å²) in [7, 11) is 0. The number of aromatic nitrogens is 1. The molecule has 2 aromatic rings. The van der Waals surface area contributed by atoms with Crippen LogP contribution in [0.5, 0.6) is 0 Å². The van der Waals surface area contributed by atoms with E-state index in [0.717, 1.165) is 54.8 Å². The second-order valence-electron chi connectivity index (χ2n) is 9.12. The van der Waals surface area contributed by atoms with Crippen molar-refractivity contribution in [1.82, 2.24) is 10.3 Å². The predicted molar refractivity (Wildman–Crippen MR) is 130 cm³/mol. The summed E-state index contributed by atoms with van der Waals surface area (Å²) >= 11 is 0. The average molecular weight is 450 g/mol. The van der Waals surface area contributed by atoms with E-state index in [4.69, 9.17) is 15.7 Å². The molecule has 1 aromatic heterocycles. The highest BCUT2D eigenvalue weighted by Gasteiger charge is 2.35. The van der Waals surface area contributed by atoms with E-state index in [9.17, 15) is 4.39 Å². The van der Waals surface area contributed by atoms with E-state index in [-0.39, 0.29) is 11.7 Å². The Bertz CT molecular complexity index is 1020. The second kappa shape index (κ2) is 10.8. The molecule has 174 valence electrons. The van der Waals surface area contributed by atoms with E-state index in [0.29, 0.717) is 36.8 Å². The topological polar surface area (TPSA) is 94.2 Å². The molecule has 0 radical (unpaired) electrons. The number of hydrogen-bond acceptors (Lipinski definition) is 6. The van der Waals surface area contributed by atoms with Crippen LogP contribution in [0.3, 0.4) is 0 Å². The van der Waals surface area contributed by atoms with E-state index in [1.165, 1.54) is 12.1 Å². The fraction of sp³-hybridized carbons (Fsp3) is 0.462. The summed E-state index contributed by atoms with van der Waals surface area (Å²) < 4.78 is 14.1. The minimum Gasteiger partial charge on any atom is -0.396 e. The lowest BCUT2D eigenvalue weighted by atomic mass is 9.73. The molecular weight excluding hydrogens is 417 g/mol. The Morgan fingerprint density at radius 1 is 1.24 bits per heavy atom. The summed E-state index contributed by atoms with van der Waals surface area (Å²) in [5.41, 5.74) is 4.19. The standard InChI is InChI=1S/C26H32FN5O/c1-17(28)26-24(29)13-20(14-25(26)32-33-12-8-18-6-10-30-11-7-18)22-5-4-21(27)15-23(22)19-3-2-9-31-16-19/h2-5,9,15-16,18,20,26,28-30H,6-8,10-14H2,1H3. The summed E-state index contributed by atoms with van der Waals surface area (Å²) in [6, 6.07) is 8.57. The summed E-state index contributed by atoms with van der Waals surface area (Å²) in [5, 5.41) is 24.7. The maximum Gasteiger partial charge on any atom is 0.123 e. The Morgan fingerprint density at radius 3 is 2.79 bits per heavy atom. The molecule has 2 atom stereocenters. The van der Waals surface area contributed by atoms with Gasteiger partial charge in [0, 0.05) is 29.4 Å². The Hall–Kier alpha value is -2.93. The van der Waals surface area contributed by atoms with E-state index in [2.05, 4.69) is 15.5 Å². The summed E-state index contributed by atoms with van der Waals surface area (Å²) in [6.45, 7) is 4.39. The molecule has 1 saturated carbocycles. The molecule has 4 rings (SSSR count). The van der Waals surface area contributed by atoms with Gasteiger partial charge in [0.25, 0.3) is 0 Å². The Kier molecular flexibility index (Phi) is 7.60. The van der Waals surface area contributed by atoms with E-state index < -0.39 is 5.92 Å². The fourth-order valence-electron chi connectivity index (χ4n) is 5.02. The largest absolute Gasteiger partial charge is 0.396 e. The van der Waals surface area contributed by atoms with Gasteiger partial charge in [-0.15, -0.1) is 0 Å². The first-order valence-corrected chi connectivity index (χ1v) is 11.7. The van der Waals surface area contributed by atoms with Crippen LogP contribution in [0.1, 0.15) is 50.5 Å². The van der Waals surface area contributed by atoms with Crippen LogP contribution < -0.4 is 5.32 Å². The Labute approximate surface area is 194 Å². The van der Waals surface area contributed by atoms with Crippen molar-refractivity contribution in [3.8, 4) is 11.1 Å². The smallest absolute Gasteiger partial charge is 0.123 e. The second-order valence-corrected chi connectivity index (χ2v) is 9.12. The van der Waals surface area contributed by atoms with Gasteiger partial charge in [-0.1, -0.05) is 17.3 Å². The number of halogens is 1. The van der Waals surface area contributed by atoms with Gasteiger partial charge in [-0.25, -0.2) is 4.39 Å². The third kappa shape index (κ3) is 5.71. The monoisotopic (exact) mass is 449 g/mol. The highest BCUT2D eigenvalue weighted by atomic mass is 19.1. The van der Waals surface area contributed by atoms with Crippen LogP contribution in [0, 0.1) is 28.5 Å². The van der Waals surface area contributed by atoms with Gasteiger partial charge < -0.3 is 21.0 Å². The molecule has 1 saturated heterocycles. The van der Waals surface area contributed by atoms with Crippen LogP contribution in [-0.4, -0.2) is 41.8 Å². The van der Waals surface area contributed by atoms with Gasteiger partial charge in [0.15, 0.2) is 0 Å². The lowest BCUT2D eigenvalue weighted by Crippen LogP contribution is -2.37. The number of nitrogens with zero attached hydrogens (tertiary/aromatic N) is 2. The van der Waals surface area contributed by atoms with Gasteiger partial charge in [0.1, 0.15) is 12.4 Å². The molecule has 6 nitrogen and oxygen atoms in total. The van der Waals surface area contributed by atoms with Gasteiger partial charge >= 0.3 is 0 Å². The van der Waals surface area contributed by atoms with Gasteiger partial charge in [-0.2, -0.15) is 0 Å². The third-order valence-electron chi connectivity index (χ3n) is 6.72.